The summed E-state index contributed by atoms with van der Waals surface area (Å²) in [5, 5.41) is 27.2. The van der Waals surface area contributed by atoms with Crippen molar-refractivity contribution in [3.8, 4) is 6.07 Å². The number of ether oxygens (including phenoxy) is 1. The molecule has 2 aromatic rings. The summed E-state index contributed by atoms with van der Waals surface area (Å²) in [7, 11) is -11.0. The van der Waals surface area contributed by atoms with Crippen molar-refractivity contribution in [3.05, 3.63) is 18.0 Å². The number of nitriles is 1. The van der Waals surface area contributed by atoms with Gasteiger partial charge >= 0.3 is 5.97 Å². The van der Waals surface area contributed by atoms with E-state index in [4.69, 9.17) is 5.26 Å². The van der Waals surface area contributed by atoms with E-state index in [2.05, 4.69) is 35.5 Å². The third-order valence-corrected chi connectivity index (χ3v) is 21.4. The highest BCUT2D eigenvalue weighted by Crippen LogP contribution is 2.32. The summed E-state index contributed by atoms with van der Waals surface area (Å²) in [4.78, 5) is 27.4. The van der Waals surface area contributed by atoms with Crippen molar-refractivity contribution in [2.75, 3.05) is 44.9 Å². The summed E-state index contributed by atoms with van der Waals surface area (Å²) in [6, 6.07) is 1.95. The van der Waals surface area contributed by atoms with Crippen molar-refractivity contribution in [1.82, 2.24) is 61.8 Å². The highest BCUT2D eigenvalue weighted by Gasteiger charge is 2.41. The van der Waals surface area contributed by atoms with Gasteiger partial charge in [0.1, 0.15) is 6.33 Å². The monoisotopic (exact) mass is 1200 g/mol. The van der Waals surface area contributed by atoms with E-state index >= 15 is 0 Å². The summed E-state index contributed by atoms with van der Waals surface area (Å²) < 4.78 is 130. The molecule has 1 N–H and O–H groups in total. The van der Waals surface area contributed by atoms with Gasteiger partial charge in [-0.05, 0) is 110 Å². The van der Waals surface area contributed by atoms with Gasteiger partial charge < -0.3 is 10.1 Å². The van der Waals surface area contributed by atoms with Crippen molar-refractivity contribution in [1.29, 1.82) is 5.26 Å². The maximum Gasteiger partial charge on any atom is 0.307 e. The zero-order valence-electron chi connectivity index (χ0n) is 47.8. The number of nitrogens with zero attached hydrogens (tertiary/aromatic N) is 13. The number of aromatic nitrogens is 7. The molecule has 7 heterocycles. The molecule has 5 aliphatic rings. The lowest BCUT2D eigenvalue weighted by molar-refractivity contribution is -0.141. The number of sulfonamides is 5. The summed E-state index contributed by atoms with van der Waals surface area (Å²) in [6.07, 6.45) is 18.6. The molecule has 10 atom stereocenters. The number of rotatable bonds is 15. The van der Waals surface area contributed by atoms with Gasteiger partial charge in [-0.2, -0.15) is 36.7 Å². The SMILES string of the molecule is CC(=O)NCCC1CCC(C)N1S(C)(=O)=O.CC1CCC(CC#N)N1S(C)(=O)=O.CC1CCC(Cc2ncn(C)n2)N1S(C)(=O)=O.CC1CCC(Cc2nnn(C)n2)N1S(C)(=O)=O.COC(=O)CC1CCC(C)N1S(C)(=O)=O. The molecule has 5 saturated heterocycles. The second kappa shape index (κ2) is 29.3. The van der Waals surface area contributed by atoms with Crippen LogP contribution in [0.1, 0.15) is 137 Å². The maximum atomic E-state index is 11.7. The van der Waals surface area contributed by atoms with Gasteiger partial charge in [-0.3, -0.25) is 14.3 Å². The maximum absolute atomic E-state index is 11.7. The molecule has 5 fully saturated rings. The molecule has 27 nitrogen and oxygen atoms in total. The van der Waals surface area contributed by atoms with Crippen LogP contribution in [0.2, 0.25) is 0 Å². The Kier molecular flexibility index (Phi) is 25.7. The Hall–Kier alpha value is -3.81. The minimum atomic E-state index is -3.23. The van der Waals surface area contributed by atoms with Crippen molar-refractivity contribution < 1.29 is 56.4 Å². The van der Waals surface area contributed by atoms with Crippen molar-refractivity contribution in [3.63, 3.8) is 0 Å². The average Bonchev–Trinajstić information content (AvgIpc) is 4.18. The van der Waals surface area contributed by atoms with Gasteiger partial charge in [0.2, 0.25) is 56.0 Å². The van der Waals surface area contributed by atoms with E-state index in [1.807, 2.05) is 47.7 Å². The van der Waals surface area contributed by atoms with Gasteiger partial charge in [0.25, 0.3) is 0 Å². The molecule has 10 unspecified atom stereocenters. The number of carbonyl (C=O) groups is 2. The van der Waals surface area contributed by atoms with E-state index in [1.54, 1.807) is 31.0 Å². The first-order valence-corrected chi connectivity index (χ1v) is 35.3. The third kappa shape index (κ3) is 20.9. The number of aryl methyl sites for hydroxylation is 2. The number of hydrogen-bond donors (Lipinski definition) is 1. The molecule has 32 heteroatoms. The van der Waals surface area contributed by atoms with E-state index < -0.39 is 50.1 Å². The Labute approximate surface area is 464 Å². The van der Waals surface area contributed by atoms with Gasteiger partial charge in [-0.1, -0.05) is 0 Å². The summed E-state index contributed by atoms with van der Waals surface area (Å²) in [5.74, 6) is 0.875. The number of tetrazole rings is 1. The molecule has 0 saturated carbocycles. The molecule has 5 aliphatic heterocycles. The number of esters is 1. The predicted molar refractivity (Wildman–Crippen MR) is 293 cm³/mol. The smallest absolute Gasteiger partial charge is 0.307 e. The third-order valence-electron chi connectivity index (χ3n) is 14.3. The number of carbonyl (C=O) groups excluding carboxylic acids is 2. The van der Waals surface area contributed by atoms with E-state index in [0.717, 1.165) is 64.2 Å². The van der Waals surface area contributed by atoms with Crippen LogP contribution in [0.4, 0.5) is 0 Å². The summed E-state index contributed by atoms with van der Waals surface area (Å²) in [6.45, 7) is 11.6. The van der Waals surface area contributed by atoms with Crippen LogP contribution >= 0.6 is 0 Å². The van der Waals surface area contributed by atoms with Gasteiger partial charge in [0.15, 0.2) is 11.6 Å². The van der Waals surface area contributed by atoms with Gasteiger partial charge in [0, 0.05) is 93.8 Å². The van der Waals surface area contributed by atoms with Gasteiger partial charge in [-0.15, -0.1) is 10.2 Å². The van der Waals surface area contributed by atoms with Crippen LogP contribution in [0.25, 0.3) is 0 Å². The molecular weight excluding hydrogens is 1120 g/mol. The number of hydrogen-bond acceptors (Lipinski definition) is 19. The molecule has 7 rings (SSSR count). The fourth-order valence-electron chi connectivity index (χ4n) is 11.4. The minimum Gasteiger partial charge on any atom is -0.469 e. The largest absolute Gasteiger partial charge is 0.469 e. The Bertz CT molecular complexity index is 2810. The van der Waals surface area contributed by atoms with Crippen LogP contribution in [-0.2, 0) is 91.4 Å². The van der Waals surface area contributed by atoms with Crippen LogP contribution in [0, 0.1) is 11.3 Å². The number of nitrogens with one attached hydrogen (secondary N) is 1. The van der Waals surface area contributed by atoms with E-state index in [0.29, 0.717) is 43.9 Å². The standard InChI is InChI=1S/C10H18N4O2S.C10H20N2O3S.C9H17N5O2S.C9H17NO4S.C8H14N2O2S/c1-8-4-5-9(14(8)17(3,15)16)6-10-11-7-13(2)12-10;1-8-4-5-10(6-7-11-9(2)13)12(8)16(3,14)15;1-7-4-5-8(14(7)17(3,15)16)6-9-10-12-13(2)11-9;1-7-4-5-8(6-9(11)14-2)10(7)15(3,12)13;1-7-3-4-8(5-6-9)10(7)13(2,11)12/h7-9H,4-6H2,1-3H3;8,10H,4-7H2,1-3H3,(H,11,13);7-8H,4-6H2,1-3H3;7-8H,4-6H2,1-3H3;7-8H,3-5H2,1-2H3. The van der Waals surface area contributed by atoms with Gasteiger partial charge in [0.05, 0.1) is 64.3 Å². The van der Waals surface area contributed by atoms with E-state index in [9.17, 15) is 51.7 Å². The normalized spacial score (nSPS) is 27.5. The first kappa shape index (κ1) is 68.5. The topological polar surface area (TPSA) is 340 Å². The molecule has 0 radical (unpaired) electrons. The summed E-state index contributed by atoms with van der Waals surface area (Å²) in [5.41, 5.74) is 0. The van der Waals surface area contributed by atoms with E-state index in [-0.39, 0.29) is 78.7 Å². The van der Waals surface area contributed by atoms with Crippen molar-refractivity contribution >= 4 is 62.0 Å². The number of methoxy groups -OCH3 is 1. The highest BCUT2D eigenvalue weighted by molar-refractivity contribution is 7.89. The molecule has 0 aliphatic carbocycles. The van der Waals surface area contributed by atoms with Crippen LogP contribution in [-0.4, -0.2) is 216 Å². The first-order valence-electron chi connectivity index (χ1n) is 26.1. The molecule has 1 amide bonds. The van der Waals surface area contributed by atoms with Crippen LogP contribution in [0.3, 0.4) is 0 Å². The molecular formula is C46H86N14O13S5. The van der Waals surface area contributed by atoms with Crippen LogP contribution in [0.15, 0.2) is 6.33 Å². The molecule has 2 aromatic heterocycles. The lowest BCUT2D eigenvalue weighted by Gasteiger charge is -2.25. The second-order valence-electron chi connectivity index (χ2n) is 21.2. The molecule has 78 heavy (non-hydrogen) atoms. The second-order valence-corrected chi connectivity index (χ2v) is 30.7. The lowest BCUT2D eigenvalue weighted by Crippen LogP contribution is -2.40. The predicted octanol–water partition coefficient (Wildman–Crippen LogP) is 1.13. The average molecular weight is 1200 g/mol. The Balaban J connectivity index is 0.000000257. The fraction of sp³-hybridized carbons (Fsp3) is 0.870. The van der Waals surface area contributed by atoms with Crippen molar-refractivity contribution in [2.45, 2.75) is 198 Å². The zero-order chi connectivity index (χ0) is 59.3. The van der Waals surface area contributed by atoms with Crippen molar-refractivity contribution in [2.24, 2.45) is 14.1 Å². The number of amides is 1. The first-order chi connectivity index (χ1) is 35.9. The molecule has 0 aromatic carbocycles. The quantitative estimate of drug-likeness (QED) is 0.244. The fourth-order valence-corrected chi connectivity index (χ4v) is 18.8. The summed E-state index contributed by atoms with van der Waals surface area (Å²) >= 11 is 0. The van der Waals surface area contributed by atoms with Crippen LogP contribution < -0.4 is 5.32 Å². The zero-order valence-corrected chi connectivity index (χ0v) is 51.9. The molecule has 0 spiro atoms. The van der Waals surface area contributed by atoms with Gasteiger partial charge in [-0.25, -0.2) is 47.1 Å². The molecule has 0 bridgehead atoms. The van der Waals surface area contributed by atoms with E-state index in [1.165, 1.54) is 58.7 Å². The minimum absolute atomic E-state index is 0.00222. The highest BCUT2D eigenvalue weighted by atomic mass is 32.2. The lowest BCUT2D eigenvalue weighted by atomic mass is 10.1. The Morgan fingerprint density at radius 2 is 0.962 bits per heavy atom. The Morgan fingerprint density at radius 3 is 1.32 bits per heavy atom. The van der Waals surface area contributed by atoms with Crippen LogP contribution in [0.5, 0.6) is 0 Å². The molecule has 448 valence electrons. The Morgan fingerprint density at radius 1 is 0.590 bits per heavy atom.